The molecule has 18 heavy (non-hydrogen) atoms. The van der Waals surface area contributed by atoms with Crippen molar-refractivity contribution in [2.75, 3.05) is 0 Å². The number of carbonyl (C=O) groups is 1. The first-order chi connectivity index (χ1) is 8.49. The van der Waals surface area contributed by atoms with E-state index in [0.717, 1.165) is 25.0 Å². The Morgan fingerprint density at radius 3 is 2.72 bits per heavy atom. The predicted molar refractivity (Wildman–Crippen MR) is 72.2 cm³/mol. The van der Waals surface area contributed by atoms with Gasteiger partial charge in [0.25, 0.3) is 0 Å². The summed E-state index contributed by atoms with van der Waals surface area (Å²) >= 11 is 0. The maximum absolute atomic E-state index is 11.6. The first-order valence-electron chi connectivity index (χ1n) is 6.72. The molecular formula is C15H22N2O. The Bertz CT molecular complexity index is 425. The van der Waals surface area contributed by atoms with Gasteiger partial charge in [0.05, 0.1) is 0 Å². The molecule has 0 spiro atoms. The van der Waals surface area contributed by atoms with Crippen LogP contribution in [0.25, 0.3) is 0 Å². The van der Waals surface area contributed by atoms with Crippen LogP contribution in [0.4, 0.5) is 0 Å². The summed E-state index contributed by atoms with van der Waals surface area (Å²) in [6.45, 7) is 6.45. The number of nitrogens with zero attached hydrogens (tertiary/aromatic N) is 1. The second kappa shape index (κ2) is 5.09. The van der Waals surface area contributed by atoms with Gasteiger partial charge in [-0.2, -0.15) is 0 Å². The molecular weight excluding hydrogens is 224 g/mol. The highest BCUT2D eigenvalue weighted by Gasteiger charge is 2.38. The molecule has 98 valence electrons. The molecule has 0 aliphatic carbocycles. The maximum Gasteiger partial charge on any atom is 0.220 e. The van der Waals surface area contributed by atoms with E-state index in [-0.39, 0.29) is 11.4 Å². The SMILES string of the molecule is Cc1ccc(CC2(CC(C)C)CCC(=O)N2)nc1. The maximum atomic E-state index is 11.6. The van der Waals surface area contributed by atoms with Crippen molar-refractivity contribution in [3.05, 3.63) is 29.6 Å². The van der Waals surface area contributed by atoms with Crippen LogP contribution in [0, 0.1) is 12.8 Å². The van der Waals surface area contributed by atoms with E-state index >= 15 is 0 Å². The molecule has 2 rings (SSSR count). The summed E-state index contributed by atoms with van der Waals surface area (Å²) in [5, 5.41) is 3.18. The summed E-state index contributed by atoms with van der Waals surface area (Å²) in [6, 6.07) is 4.16. The highest BCUT2D eigenvalue weighted by Crippen LogP contribution is 2.30. The first kappa shape index (κ1) is 13.1. The molecule has 1 N–H and O–H groups in total. The average Bonchev–Trinajstić information content (AvgIpc) is 2.62. The lowest BCUT2D eigenvalue weighted by atomic mass is 9.83. The van der Waals surface area contributed by atoms with Gasteiger partial charge in [-0.3, -0.25) is 9.78 Å². The van der Waals surface area contributed by atoms with Crippen LogP contribution < -0.4 is 5.32 Å². The van der Waals surface area contributed by atoms with Crippen molar-refractivity contribution in [2.24, 2.45) is 5.92 Å². The number of carbonyl (C=O) groups excluding carboxylic acids is 1. The van der Waals surface area contributed by atoms with Gasteiger partial charge in [0.2, 0.25) is 5.91 Å². The zero-order chi connectivity index (χ0) is 13.2. The minimum atomic E-state index is -0.0759. The van der Waals surface area contributed by atoms with Gasteiger partial charge in [0.1, 0.15) is 0 Å². The molecule has 1 amide bonds. The Balaban J connectivity index is 2.15. The van der Waals surface area contributed by atoms with Crippen LogP contribution in [0.5, 0.6) is 0 Å². The lowest BCUT2D eigenvalue weighted by Gasteiger charge is -2.30. The zero-order valence-corrected chi connectivity index (χ0v) is 11.5. The summed E-state index contributed by atoms with van der Waals surface area (Å²) in [4.78, 5) is 16.0. The second-order valence-corrected chi connectivity index (χ2v) is 5.93. The van der Waals surface area contributed by atoms with Crippen molar-refractivity contribution in [2.45, 2.75) is 52.0 Å². The number of aryl methyl sites for hydroxylation is 1. The fourth-order valence-electron chi connectivity index (χ4n) is 2.86. The largest absolute Gasteiger partial charge is 0.350 e. The minimum absolute atomic E-state index is 0.0759. The third-order valence-electron chi connectivity index (χ3n) is 3.53. The van der Waals surface area contributed by atoms with Crippen LogP contribution in [-0.2, 0) is 11.2 Å². The van der Waals surface area contributed by atoms with Crippen molar-refractivity contribution in [1.29, 1.82) is 0 Å². The molecule has 1 aliphatic heterocycles. The van der Waals surface area contributed by atoms with Crippen molar-refractivity contribution in [3.63, 3.8) is 0 Å². The fourth-order valence-corrected chi connectivity index (χ4v) is 2.86. The van der Waals surface area contributed by atoms with E-state index < -0.39 is 0 Å². The van der Waals surface area contributed by atoms with Crippen molar-refractivity contribution in [1.82, 2.24) is 10.3 Å². The summed E-state index contributed by atoms with van der Waals surface area (Å²) in [6.07, 6.45) is 5.35. The smallest absolute Gasteiger partial charge is 0.220 e. The fraction of sp³-hybridized carbons (Fsp3) is 0.600. The van der Waals surface area contributed by atoms with Crippen LogP contribution in [0.3, 0.4) is 0 Å². The third kappa shape index (κ3) is 3.09. The lowest BCUT2D eigenvalue weighted by Crippen LogP contribution is -2.44. The number of nitrogens with one attached hydrogen (secondary N) is 1. The normalized spacial score (nSPS) is 23.4. The highest BCUT2D eigenvalue weighted by atomic mass is 16.2. The van der Waals surface area contributed by atoms with Gasteiger partial charge in [0, 0.05) is 30.3 Å². The van der Waals surface area contributed by atoms with Crippen molar-refractivity contribution < 1.29 is 4.79 Å². The van der Waals surface area contributed by atoms with E-state index in [9.17, 15) is 4.79 Å². The average molecular weight is 246 g/mol. The molecule has 1 saturated heterocycles. The Kier molecular flexibility index (Phi) is 3.69. The summed E-state index contributed by atoms with van der Waals surface area (Å²) in [7, 11) is 0. The summed E-state index contributed by atoms with van der Waals surface area (Å²) in [5.41, 5.74) is 2.17. The monoisotopic (exact) mass is 246 g/mol. The number of hydrogen-bond donors (Lipinski definition) is 1. The van der Waals surface area contributed by atoms with Gasteiger partial charge in [-0.1, -0.05) is 19.9 Å². The number of rotatable bonds is 4. The molecule has 3 heteroatoms. The molecule has 2 heterocycles. The van der Waals surface area contributed by atoms with E-state index in [1.54, 1.807) is 0 Å². The van der Waals surface area contributed by atoms with Crippen molar-refractivity contribution >= 4 is 5.91 Å². The van der Waals surface area contributed by atoms with Crippen LogP contribution in [0.15, 0.2) is 18.3 Å². The molecule has 0 bridgehead atoms. The van der Waals surface area contributed by atoms with E-state index in [0.29, 0.717) is 12.3 Å². The van der Waals surface area contributed by atoms with Gasteiger partial charge in [0.15, 0.2) is 0 Å². The van der Waals surface area contributed by atoms with Crippen molar-refractivity contribution in [3.8, 4) is 0 Å². The number of amides is 1. The van der Waals surface area contributed by atoms with Crippen LogP contribution in [0.1, 0.15) is 44.4 Å². The molecule has 1 atom stereocenters. The first-order valence-corrected chi connectivity index (χ1v) is 6.72. The highest BCUT2D eigenvalue weighted by molar-refractivity contribution is 5.79. The lowest BCUT2D eigenvalue weighted by molar-refractivity contribution is -0.119. The molecule has 3 nitrogen and oxygen atoms in total. The van der Waals surface area contributed by atoms with Gasteiger partial charge < -0.3 is 5.32 Å². The third-order valence-corrected chi connectivity index (χ3v) is 3.53. The Hall–Kier alpha value is -1.38. The number of aromatic nitrogens is 1. The molecule has 1 fully saturated rings. The van der Waals surface area contributed by atoms with Crippen LogP contribution >= 0.6 is 0 Å². The van der Waals surface area contributed by atoms with E-state index in [4.69, 9.17) is 0 Å². The zero-order valence-electron chi connectivity index (χ0n) is 11.5. The summed E-state index contributed by atoms with van der Waals surface area (Å²) in [5.74, 6) is 0.761. The number of hydrogen-bond acceptors (Lipinski definition) is 2. The Morgan fingerprint density at radius 2 is 2.22 bits per heavy atom. The molecule has 1 aromatic rings. The molecule has 1 unspecified atom stereocenters. The van der Waals surface area contributed by atoms with E-state index in [2.05, 4.69) is 36.3 Å². The Morgan fingerprint density at radius 1 is 1.44 bits per heavy atom. The van der Waals surface area contributed by atoms with Gasteiger partial charge >= 0.3 is 0 Å². The summed E-state index contributed by atoms with van der Waals surface area (Å²) < 4.78 is 0. The van der Waals surface area contributed by atoms with Gasteiger partial charge in [-0.25, -0.2) is 0 Å². The molecule has 0 radical (unpaired) electrons. The molecule has 1 aromatic heterocycles. The van der Waals surface area contributed by atoms with Crippen LogP contribution in [-0.4, -0.2) is 16.4 Å². The molecule has 0 saturated carbocycles. The van der Waals surface area contributed by atoms with Crippen LogP contribution in [0.2, 0.25) is 0 Å². The minimum Gasteiger partial charge on any atom is -0.350 e. The predicted octanol–water partition coefficient (Wildman–Crippen LogP) is 2.63. The molecule has 1 aliphatic rings. The standard InChI is InChI=1S/C15H22N2O/c1-11(2)8-15(7-6-14(18)17-15)9-13-5-4-12(3)10-16-13/h4-5,10-11H,6-9H2,1-3H3,(H,17,18). The van der Waals surface area contributed by atoms with E-state index in [1.807, 2.05) is 13.1 Å². The van der Waals surface area contributed by atoms with Gasteiger partial charge in [-0.15, -0.1) is 0 Å². The van der Waals surface area contributed by atoms with E-state index in [1.165, 1.54) is 5.56 Å². The number of pyridine rings is 1. The topological polar surface area (TPSA) is 42.0 Å². The van der Waals surface area contributed by atoms with Gasteiger partial charge in [-0.05, 0) is 37.3 Å². The second-order valence-electron chi connectivity index (χ2n) is 5.93. The Labute approximate surface area is 109 Å². The molecule has 0 aromatic carbocycles. The quantitative estimate of drug-likeness (QED) is 0.887.